The van der Waals surface area contributed by atoms with Gasteiger partial charge < -0.3 is 35.8 Å². The van der Waals surface area contributed by atoms with Crippen LogP contribution in [0.1, 0.15) is 40.5 Å². The van der Waals surface area contributed by atoms with Gasteiger partial charge in [0, 0.05) is 15.9 Å². The van der Waals surface area contributed by atoms with Gasteiger partial charge in [-0.2, -0.15) is 0 Å². The average Bonchev–Trinajstić information content (AvgIpc) is 3.32. The largest absolute Gasteiger partial charge is 0.484 e. The topological polar surface area (TPSA) is 138 Å². The number of hydrogen-bond donors (Lipinski definition) is 5. The number of aliphatic hydroxyl groups excluding tert-OH is 1. The van der Waals surface area contributed by atoms with Crippen LogP contribution in [0.4, 0.5) is 11.4 Å². The standard InChI is InChI=1S/C29H38N4O6S/c1-16(2)13-22(27(35)31-20-11-12-38-29(20)37)32-28(36)26(17(3)4)33-25(34)15-39-18-9-10-24-21(14-18)30-19-7-5-6-8-23(19)40-24/h5-10,14,16-17,20,22,26,29-30,37H,11-13,15H2,1-4H3,(H,31,35)(H,32,36)(H,33,34)/t20-,22-,26-,29?/m0/s1. The van der Waals surface area contributed by atoms with Gasteiger partial charge in [-0.15, -0.1) is 0 Å². The highest BCUT2D eigenvalue weighted by atomic mass is 32.2. The quantitative estimate of drug-likeness (QED) is 0.237. The lowest BCUT2D eigenvalue weighted by atomic mass is 9.99. The van der Waals surface area contributed by atoms with Crippen molar-refractivity contribution in [3.63, 3.8) is 0 Å². The van der Waals surface area contributed by atoms with E-state index in [2.05, 4.69) is 27.3 Å². The van der Waals surface area contributed by atoms with Gasteiger partial charge >= 0.3 is 0 Å². The Hall–Kier alpha value is -3.28. The molecular formula is C29H38N4O6S. The van der Waals surface area contributed by atoms with Gasteiger partial charge in [0.1, 0.15) is 17.8 Å². The lowest BCUT2D eigenvalue weighted by Crippen LogP contribution is -2.57. The molecule has 2 aromatic rings. The third-order valence-corrected chi connectivity index (χ3v) is 7.84. The first-order valence-electron chi connectivity index (χ1n) is 13.6. The van der Waals surface area contributed by atoms with Gasteiger partial charge in [0.2, 0.25) is 11.8 Å². The van der Waals surface area contributed by atoms with Gasteiger partial charge in [-0.1, -0.05) is 51.6 Å². The Kier molecular flexibility index (Phi) is 9.94. The number of carbonyl (C=O) groups is 3. The third-order valence-electron chi connectivity index (χ3n) is 6.69. The van der Waals surface area contributed by atoms with Crippen LogP contribution in [-0.2, 0) is 19.1 Å². The fraction of sp³-hybridized carbons (Fsp3) is 0.483. The summed E-state index contributed by atoms with van der Waals surface area (Å²) in [6.07, 6.45) is -0.174. The normalized spacial score (nSPS) is 19.2. The first-order valence-corrected chi connectivity index (χ1v) is 14.4. The van der Waals surface area contributed by atoms with Crippen molar-refractivity contribution in [2.75, 3.05) is 18.5 Å². The first kappa shape index (κ1) is 29.7. The van der Waals surface area contributed by atoms with Crippen LogP contribution < -0.4 is 26.0 Å². The van der Waals surface area contributed by atoms with E-state index in [4.69, 9.17) is 9.47 Å². The van der Waals surface area contributed by atoms with Crippen molar-refractivity contribution < 1.29 is 29.0 Å². The monoisotopic (exact) mass is 570 g/mol. The van der Waals surface area contributed by atoms with E-state index in [1.807, 2.05) is 64.1 Å². The molecule has 3 amide bonds. The molecule has 0 spiro atoms. The molecule has 1 fully saturated rings. The Morgan fingerprint density at radius 3 is 2.50 bits per heavy atom. The van der Waals surface area contributed by atoms with E-state index in [-0.39, 0.29) is 18.4 Å². The molecule has 2 aliphatic rings. The molecule has 216 valence electrons. The number of amides is 3. The average molecular weight is 571 g/mol. The Labute approximate surface area is 239 Å². The molecule has 1 saturated heterocycles. The molecule has 0 bridgehead atoms. The molecule has 0 saturated carbocycles. The number of carbonyl (C=O) groups excluding carboxylic acids is 3. The zero-order valence-corrected chi connectivity index (χ0v) is 24.0. The highest BCUT2D eigenvalue weighted by Gasteiger charge is 2.33. The van der Waals surface area contributed by atoms with Crippen LogP contribution in [0.25, 0.3) is 0 Å². The van der Waals surface area contributed by atoms with Crippen molar-refractivity contribution in [1.82, 2.24) is 16.0 Å². The van der Waals surface area contributed by atoms with Gasteiger partial charge in [0.25, 0.3) is 5.91 Å². The van der Waals surface area contributed by atoms with Gasteiger partial charge in [0.15, 0.2) is 12.9 Å². The minimum atomic E-state index is -1.07. The minimum Gasteiger partial charge on any atom is -0.484 e. The molecule has 5 N–H and O–H groups in total. The third kappa shape index (κ3) is 7.67. The molecule has 11 heteroatoms. The molecule has 2 aliphatic heterocycles. The maximum absolute atomic E-state index is 13.2. The number of ether oxygens (including phenoxy) is 2. The zero-order valence-electron chi connectivity index (χ0n) is 23.2. The molecule has 0 radical (unpaired) electrons. The summed E-state index contributed by atoms with van der Waals surface area (Å²) in [7, 11) is 0. The predicted octanol–water partition coefficient (Wildman–Crippen LogP) is 3.17. The van der Waals surface area contributed by atoms with Gasteiger partial charge in [0.05, 0.1) is 24.0 Å². The second-order valence-electron chi connectivity index (χ2n) is 10.8. The number of para-hydroxylation sites is 1. The van der Waals surface area contributed by atoms with Crippen LogP contribution in [0.2, 0.25) is 0 Å². The fourth-order valence-corrected chi connectivity index (χ4v) is 5.54. The minimum absolute atomic E-state index is 0.124. The number of fused-ring (bicyclic) bond motifs is 2. The van der Waals surface area contributed by atoms with E-state index in [0.29, 0.717) is 25.2 Å². The maximum atomic E-state index is 13.2. The Morgan fingerprint density at radius 1 is 1.05 bits per heavy atom. The fourth-order valence-electron chi connectivity index (χ4n) is 4.57. The van der Waals surface area contributed by atoms with E-state index in [0.717, 1.165) is 21.2 Å². The Bertz CT molecular complexity index is 1220. The van der Waals surface area contributed by atoms with Crippen molar-refractivity contribution >= 4 is 40.9 Å². The van der Waals surface area contributed by atoms with Crippen molar-refractivity contribution in [3.8, 4) is 5.75 Å². The molecule has 0 aliphatic carbocycles. The van der Waals surface area contributed by atoms with Crippen LogP contribution in [0, 0.1) is 11.8 Å². The van der Waals surface area contributed by atoms with Gasteiger partial charge in [-0.3, -0.25) is 14.4 Å². The van der Waals surface area contributed by atoms with E-state index >= 15 is 0 Å². The number of anilines is 2. The molecule has 1 unspecified atom stereocenters. The number of rotatable bonds is 11. The molecule has 2 heterocycles. The van der Waals surface area contributed by atoms with E-state index < -0.39 is 42.1 Å². The number of hydrogen-bond acceptors (Lipinski definition) is 8. The summed E-state index contributed by atoms with van der Waals surface area (Å²) in [5.74, 6) is -0.883. The molecule has 10 nitrogen and oxygen atoms in total. The highest BCUT2D eigenvalue weighted by molar-refractivity contribution is 7.99. The number of aliphatic hydroxyl groups is 1. The van der Waals surface area contributed by atoms with Crippen LogP contribution in [-0.4, -0.2) is 60.5 Å². The molecule has 2 aromatic carbocycles. The number of nitrogens with one attached hydrogen (secondary N) is 4. The maximum Gasteiger partial charge on any atom is 0.258 e. The summed E-state index contributed by atoms with van der Waals surface area (Å²) < 4.78 is 10.9. The second kappa shape index (κ2) is 13.4. The van der Waals surface area contributed by atoms with E-state index in [1.165, 1.54) is 0 Å². The van der Waals surface area contributed by atoms with Crippen molar-refractivity contribution in [2.45, 2.75) is 74.7 Å². The zero-order chi connectivity index (χ0) is 28.8. The Morgan fingerprint density at radius 2 is 1.80 bits per heavy atom. The van der Waals surface area contributed by atoms with Crippen molar-refractivity contribution in [2.24, 2.45) is 11.8 Å². The summed E-state index contributed by atoms with van der Waals surface area (Å²) in [5.41, 5.74) is 1.91. The summed E-state index contributed by atoms with van der Waals surface area (Å²) in [6, 6.07) is 11.4. The molecule has 4 rings (SSSR count). The van der Waals surface area contributed by atoms with Crippen molar-refractivity contribution in [3.05, 3.63) is 42.5 Å². The summed E-state index contributed by atoms with van der Waals surface area (Å²) in [4.78, 5) is 41.2. The lowest BCUT2D eigenvalue weighted by Gasteiger charge is -2.27. The summed E-state index contributed by atoms with van der Waals surface area (Å²) in [6.45, 7) is 7.62. The second-order valence-corrected chi connectivity index (χ2v) is 11.9. The Balaban J connectivity index is 1.33. The SMILES string of the molecule is CC(C)C[C@H](NC(=O)[C@@H](NC(=O)COc1ccc2c(c1)Nc1ccccc1S2)C(C)C)C(=O)N[C@H]1CCOC1O. The van der Waals surface area contributed by atoms with Crippen molar-refractivity contribution in [1.29, 1.82) is 0 Å². The van der Waals surface area contributed by atoms with E-state index in [9.17, 15) is 19.5 Å². The smallest absolute Gasteiger partial charge is 0.258 e. The van der Waals surface area contributed by atoms with Crippen LogP contribution in [0.15, 0.2) is 52.3 Å². The van der Waals surface area contributed by atoms with Crippen LogP contribution in [0.3, 0.4) is 0 Å². The first-order chi connectivity index (χ1) is 19.1. The van der Waals surface area contributed by atoms with Gasteiger partial charge in [-0.25, -0.2) is 0 Å². The van der Waals surface area contributed by atoms with Crippen LogP contribution in [0.5, 0.6) is 5.75 Å². The van der Waals surface area contributed by atoms with Crippen LogP contribution >= 0.6 is 11.8 Å². The van der Waals surface area contributed by atoms with E-state index in [1.54, 1.807) is 11.8 Å². The molecular weight excluding hydrogens is 532 g/mol. The van der Waals surface area contributed by atoms with Gasteiger partial charge in [-0.05, 0) is 48.9 Å². The predicted molar refractivity (Wildman–Crippen MR) is 152 cm³/mol. The summed E-state index contributed by atoms with van der Waals surface area (Å²) in [5, 5.41) is 21.6. The highest BCUT2D eigenvalue weighted by Crippen LogP contribution is 2.44. The molecule has 4 atom stereocenters. The summed E-state index contributed by atoms with van der Waals surface area (Å²) >= 11 is 1.66. The number of benzene rings is 2. The molecule has 0 aromatic heterocycles. The lowest BCUT2D eigenvalue weighted by molar-refractivity contribution is -0.134. The molecule has 40 heavy (non-hydrogen) atoms.